The van der Waals surface area contributed by atoms with E-state index in [1.165, 1.54) is 16.7 Å². The number of benzene rings is 1. The van der Waals surface area contributed by atoms with E-state index in [2.05, 4.69) is 19.9 Å². The van der Waals surface area contributed by atoms with Crippen molar-refractivity contribution in [3.8, 4) is 0 Å². The van der Waals surface area contributed by atoms with E-state index in [-0.39, 0.29) is 4.92 Å². The molecule has 0 aliphatic heterocycles. The van der Waals surface area contributed by atoms with Crippen LogP contribution in [0.3, 0.4) is 0 Å². The molecule has 3 heteroatoms. The Morgan fingerprint density at radius 1 is 1.29 bits per heavy atom. The van der Waals surface area contributed by atoms with E-state index in [1.807, 2.05) is 6.07 Å². The van der Waals surface area contributed by atoms with Crippen LogP contribution in [-0.4, -0.2) is 4.92 Å². The van der Waals surface area contributed by atoms with Gasteiger partial charge in [-0.1, -0.05) is 23.3 Å². The van der Waals surface area contributed by atoms with Gasteiger partial charge in [0.15, 0.2) is 0 Å². The number of hydrogen-bond donors (Lipinski definition) is 0. The zero-order chi connectivity index (χ0) is 12.2. The topological polar surface area (TPSA) is 43.1 Å². The molecule has 0 N–H and O–H groups in total. The molecule has 3 nitrogen and oxygen atoms in total. The van der Waals surface area contributed by atoms with Crippen LogP contribution in [0.1, 0.15) is 49.7 Å². The predicted molar refractivity (Wildman–Crippen MR) is 66.2 cm³/mol. The molecule has 0 amide bonds. The summed E-state index contributed by atoms with van der Waals surface area (Å²) < 4.78 is 0. The predicted octanol–water partition coefficient (Wildman–Crippen LogP) is 3.91. The van der Waals surface area contributed by atoms with Gasteiger partial charge in [0.2, 0.25) is 0 Å². The van der Waals surface area contributed by atoms with Gasteiger partial charge in [-0.2, -0.15) is 0 Å². The normalized spacial score (nSPS) is 24.9. The number of nitrogens with zero attached hydrogens (tertiary/aromatic N) is 1. The summed E-state index contributed by atoms with van der Waals surface area (Å²) in [5, 5.41) is 11.1. The van der Waals surface area contributed by atoms with Crippen LogP contribution in [-0.2, 0) is 0 Å². The third-order valence-electron chi connectivity index (χ3n) is 4.11. The molecular weight excluding hydrogens is 214 g/mol. The van der Waals surface area contributed by atoms with Gasteiger partial charge in [0.05, 0.1) is 4.92 Å². The highest BCUT2D eigenvalue weighted by molar-refractivity contribution is 5.62. The third-order valence-corrected chi connectivity index (χ3v) is 4.11. The molecule has 2 unspecified atom stereocenters. The van der Waals surface area contributed by atoms with Crippen LogP contribution in [0.5, 0.6) is 0 Å². The number of nitro benzene ring substituents is 1. The summed E-state index contributed by atoms with van der Waals surface area (Å²) in [6.45, 7) is 4.25. The molecular formula is C14H15NO2. The van der Waals surface area contributed by atoms with E-state index >= 15 is 0 Å². The molecule has 0 radical (unpaired) electrons. The summed E-state index contributed by atoms with van der Waals surface area (Å²) in [7, 11) is 0. The minimum absolute atomic E-state index is 0.234. The molecule has 17 heavy (non-hydrogen) atoms. The molecule has 1 saturated carbocycles. The van der Waals surface area contributed by atoms with Crippen molar-refractivity contribution in [1.82, 2.24) is 0 Å². The molecule has 1 fully saturated rings. The fourth-order valence-electron chi connectivity index (χ4n) is 3.62. The monoisotopic (exact) mass is 229 g/mol. The summed E-state index contributed by atoms with van der Waals surface area (Å²) >= 11 is 0. The van der Waals surface area contributed by atoms with Gasteiger partial charge in [-0.05, 0) is 32.3 Å². The van der Waals surface area contributed by atoms with E-state index in [1.54, 1.807) is 6.07 Å². The summed E-state index contributed by atoms with van der Waals surface area (Å²) in [5.41, 5.74) is 5.28. The molecule has 0 aromatic heterocycles. The molecule has 2 bridgehead atoms. The molecule has 0 spiro atoms. The number of nitro groups is 1. The van der Waals surface area contributed by atoms with Crippen molar-refractivity contribution in [2.75, 3.05) is 0 Å². The second-order valence-corrected chi connectivity index (χ2v) is 5.18. The van der Waals surface area contributed by atoms with E-state index in [0.29, 0.717) is 17.5 Å². The summed E-state index contributed by atoms with van der Waals surface area (Å²) in [4.78, 5) is 10.9. The van der Waals surface area contributed by atoms with Gasteiger partial charge in [0.1, 0.15) is 0 Å². The van der Waals surface area contributed by atoms with Gasteiger partial charge in [-0.15, -0.1) is 0 Å². The third kappa shape index (κ3) is 1.28. The van der Waals surface area contributed by atoms with Gasteiger partial charge in [-0.3, -0.25) is 10.1 Å². The first-order chi connectivity index (χ1) is 8.11. The first kappa shape index (κ1) is 10.5. The number of allylic oxidation sites excluding steroid dienone is 2. The second kappa shape index (κ2) is 3.42. The van der Waals surface area contributed by atoms with E-state index < -0.39 is 0 Å². The average Bonchev–Trinajstić information content (AvgIpc) is 2.84. The Hall–Kier alpha value is -1.64. The van der Waals surface area contributed by atoms with Crippen molar-refractivity contribution < 1.29 is 4.92 Å². The lowest BCUT2D eigenvalue weighted by Gasteiger charge is -2.13. The maximum atomic E-state index is 11.1. The van der Waals surface area contributed by atoms with E-state index in [0.717, 1.165) is 18.4 Å². The fraction of sp³-hybridized carbons (Fsp3) is 0.429. The van der Waals surface area contributed by atoms with Crippen LogP contribution in [0.2, 0.25) is 0 Å². The Morgan fingerprint density at radius 3 is 2.65 bits per heavy atom. The van der Waals surface area contributed by atoms with Gasteiger partial charge < -0.3 is 0 Å². The Labute approximate surface area is 100 Å². The van der Waals surface area contributed by atoms with Crippen molar-refractivity contribution in [3.63, 3.8) is 0 Å². The summed E-state index contributed by atoms with van der Waals surface area (Å²) in [6.07, 6.45) is 2.22. The summed E-state index contributed by atoms with van der Waals surface area (Å²) in [5.74, 6) is 0.751. The van der Waals surface area contributed by atoms with Crippen LogP contribution in [0.25, 0.3) is 0 Å². The van der Waals surface area contributed by atoms with Gasteiger partial charge >= 0.3 is 0 Å². The van der Waals surface area contributed by atoms with E-state index in [4.69, 9.17) is 0 Å². The maximum absolute atomic E-state index is 11.1. The quantitative estimate of drug-likeness (QED) is 0.416. The molecule has 0 saturated heterocycles. The SMILES string of the molecule is CC(C)=C1C2CCC1c1c2cccc1[N+](=O)[O-]. The van der Waals surface area contributed by atoms with Gasteiger partial charge in [0.25, 0.3) is 5.69 Å². The molecule has 88 valence electrons. The van der Waals surface area contributed by atoms with Crippen LogP contribution in [0.4, 0.5) is 5.69 Å². The van der Waals surface area contributed by atoms with Crippen LogP contribution in [0.15, 0.2) is 29.3 Å². The van der Waals surface area contributed by atoms with Gasteiger partial charge in [-0.25, -0.2) is 0 Å². The van der Waals surface area contributed by atoms with E-state index in [9.17, 15) is 10.1 Å². The Balaban J connectivity index is 2.26. The van der Waals surface area contributed by atoms with Crippen molar-refractivity contribution in [3.05, 3.63) is 50.6 Å². The zero-order valence-electron chi connectivity index (χ0n) is 10.1. The van der Waals surface area contributed by atoms with Crippen LogP contribution in [0, 0.1) is 10.1 Å². The molecule has 2 atom stereocenters. The lowest BCUT2D eigenvalue weighted by atomic mass is 9.90. The lowest BCUT2D eigenvalue weighted by molar-refractivity contribution is -0.385. The first-order valence-corrected chi connectivity index (χ1v) is 6.05. The second-order valence-electron chi connectivity index (χ2n) is 5.18. The average molecular weight is 229 g/mol. The standard InChI is InChI=1S/C14H15NO2/c1-8(2)13-10-6-7-11(13)14-9(10)4-3-5-12(14)15(16)17/h3-5,10-11H,6-7H2,1-2H3. The number of hydrogen-bond acceptors (Lipinski definition) is 2. The molecule has 2 aliphatic carbocycles. The molecule has 1 aromatic carbocycles. The fourth-order valence-corrected chi connectivity index (χ4v) is 3.62. The zero-order valence-corrected chi connectivity index (χ0v) is 10.1. The smallest absolute Gasteiger partial charge is 0.258 e. The minimum Gasteiger partial charge on any atom is -0.258 e. The highest BCUT2D eigenvalue weighted by atomic mass is 16.6. The van der Waals surface area contributed by atoms with Crippen molar-refractivity contribution in [2.24, 2.45) is 0 Å². The largest absolute Gasteiger partial charge is 0.273 e. The molecule has 3 rings (SSSR count). The van der Waals surface area contributed by atoms with Crippen molar-refractivity contribution in [2.45, 2.75) is 38.5 Å². The number of rotatable bonds is 1. The molecule has 0 heterocycles. The highest BCUT2D eigenvalue weighted by Crippen LogP contribution is 2.59. The van der Waals surface area contributed by atoms with Crippen LogP contribution >= 0.6 is 0 Å². The Bertz CT molecular complexity index is 541. The Morgan fingerprint density at radius 2 is 2.00 bits per heavy atom. The van der Waals surface area contributed by atoms with Gasteiger partial charge in [0, 0.05) is 23.5 Å². The lowest BCUT2D eigenvalue weighted by Crippen LogP contribution is -2.02. The highest BCUT2D eigenvalue weighted by Gasteiger charge is 2.45. The minimum atomic E-state index is -0.234. The van der Waals surface area contributed by atoms with Crippen LogP contribution < -0.4 is 0 Å². The molecule has 2 aliphatic rings. The summed E-state index contributed by atoms with van der Waals surface area (Å²) in [6, 6.07) is 5.53. The number of fused-ring (bicyclic) bond motifs is 5. The van der Waals surface area contributed by atoms with Crippen molar-refractivity contribution >= 4 is 5.69 Å². The first-order valence-electron chi connectivity index (χ1n) is 6.05. The maximum Gasteiger partial charge on any atom is 0.273 e. The molecule has 1 aromatic rings. The Kier molecular flexibility index (Phi) is 2.12. The van der Waals surface area contributed by atoms with Crippen molar-refractivity contribution in [1.29, 1.82) is 0 Å².